The molecule has 4 rings (SSSR count). The molecule has 1 atom stereocenters. The molecule has 3 aromatic rings. The Hall–Kier alpha value is -3.48. The molecule has 0 spiro atoms. The van der Waals surface area contributed by atoms with E-state index in [1.165, 1.54) is 23.1 Å². The van der Waals surface area contributed by atoms with Crippen molar-refractivity contribution in [3.63, 3.8) is 0 Å². The summed E-state index contributed by atoms with van der Waals surface area (Å²) in [4.78, 5) is 27.1. The standard InChI is InChI=1S/C20H17FN4O2/c21-16-6-1-4-14(12-16)18-19(26)22-9-11-24(18)20(27)15-5-2-7-17(13-15)25-10-3-8-23-25/h1-8,10,12-13,18H,9,11H2,(H,22,26)/t18-/m0/s1. The Labute approximate surface area is 155 Å². The van der Waals surface area contributed by atoms with Gasteiger partial charge >= 0.3 is 0 Å². The summed E-state index contributed by atoms with van der Waals surface area (Å²) < 4.78 is 15.3. The van der Waals surface area contributed by atoms with Crippen molar-refractivity contribution in [2.24, 2.45) is 0 Å². The molecule has 136 valence electrons. The van der Waals surface area contributed by atoms with Gasteiger partial charge in [0.15, 0.2) is 0 Å². The van der Waals surface area contributed by atoms with E-state index in [-0.39, 0.29) is 11.8 Å². The zero-order valence-electron chi connectivity index (χ0n) is 14.4. The molecule has 0 saturated carbocycles. The Kier molecular flexibility index (Phi) is 4.42. The molecule has 2 aromatic carbocycles. The fourth-order valence-electron chi connectivity index (χ4n) is 3.26. The van der Waals surface area contributed by atoms with Crippen LogP contribution in [0.3, 0.4) is 0 Å². The third-order valence-electron chi connectivity index (χ3n) is 4.50. The summed E-state index contributed by atoms with van der Waals surface area (Å²) in [5.41, 5.74) is 1.64. The maximum absolute atomic E-state index is 13.7. The molecule has 1 aromatic heterocycles. The second-order valence-corrected chi connectivity index (χ2v) is 6.25. The highest BCUT2D eigenvalue weighted by atomic mass is 19.1. The predicted octanol–water partition coefficient (Wildman–Crippen LogP) is 2.32. The lowest BCUT2D eigenvalue weighted by Crippen LogP contribution is -2.52. The van der Waals surface area contributed by atoms with Gasteiger partial charge in [-0.1, -0.05) is 18.2 Å². The molecule has 0 radical (unpaired) electrons. The monoisotopic (exact) mass is 364 g/mol. The first-order valence-electron chi connectivity index (χ1n) is 8.58. The molecular weight excluding hydrogens is 347 g/mol. The van der Waals surface area contributed by atoms with Crippen LogP contribution in [0.1, 0.15) is 22.0 Å². The van der Waals surface area contributed by atoms with Gasteiger partial charge in [-0.25, -0.2) is 9.07 Å². The molecule has 1 saturated heterocycles. The van der Waals surface area contributed by atoms with Crippen LogP contribution in [0.25, 0.3) is 5.69 Å². The number of benzene rings is 2. The molecule has 7 heteroatoms. The third kappa shape index (κ3) is 3.31. The molecule has 1 fully saturated rings. The summed E-state index contributed by atoms with van der Waals surface area (Å²) in [6.07, 6.45) is 3.44. The minimum atomic E-state index is -0.865. The van der Waals surface area contributed by atoms with Gasteiger partial charge in [0.1, 0.15) is 11.9 Å². The molecule has 1 aliphatic rings. The first-order valence-corrected chi connectivity index (χ1v) is 8.58. The molecule has 2 amide bonds. The van der Waals surface area contributed by atoms with Gasteiger partial charge in [0.25, 0.3) is 5.91 Å². The second kappa shape index (κ2) is 7.03. The van der Waals surface area contributed by atoms with Crippen molar-refractivity contribution in [1.29, 1.82) is 0 Å². The molecule has 0 unspecified atom stereocenters. The van der Waals surface area contributed by atoms with Gasteiger partial charge in [-0.05, 0) is 42.0 Å². The molecule has 1 aliphatic heterocycles. The van der Waals surface area contributed by atoms with Crippen LogP contribution < -0.4 is 5.32 Å². The highest BCUT2D eigenvalue weighted by Gasteiger charge is 2.35. The number of rotatable bonds is 3. The quantitative estimate of drug-likeness (QED) is 0.776. The number of carbonyl (C=O) groups excluding carboxylic acids is 2. The SMILES string of the molecule is O=C1NCCN(C(=O)c2cccc(-n3cccn3)c2)[C@H]1c1cccc(F)c1. The van der Waals surface area contributed by atoms with Crippen LogP contribution >= 0.6 is 0 Å². The van der Waals surface area contributed by atoms with Gasteiger partial charge in [0.2, 0.25) is 5.91 Å². The number of amides is 2. The Morgan fingerprint density at radius 1 is 1.15 bits per heavy atom. The lowest BCUT2D eigenvalue weighted by molar-refractivity contribution is -0.128. The molecule has 1 N–H and O–H groups in total. The fraction of sp³-hybridized carbons (Fsp3) is 0.150. The van der Waals surface area contributed by atoms with Crippen LogP contribution in [-0.4, -0.2) is 39.6 Å². The number of nitrogens with one attached hydrogen (secondary N) is 1. The zero-order valence-corrected chi connectivity index (χ0v) is 14.4. The van der Waals surface area contributed by atoms with Crippen LogP contribution in [0, 0.1) is 5.82 Å². The van der Waals surface area contributed by atoms with Gasteiger partial charge in [-0.2, -0.15) is 5.10 Å². The molecule has 6 nitrogen and oxygen atoms in total. The molecule has 2 heterocycles. The number of halogens is 1. The fourth-order valence-corrected chi connectivity index (χ4v) is 3.26. The minimum absolute atomic E-state index is 0.284. The van der Waals surface area contributed by atoms with E-state index in [0.717, 1.165) is 5.69 Å². The number of piperazine rings is 1. The average molecular weight is 364 g/mol. The maximum atomic E-state index is 13.7. The van der Waals surface area contributed by atoms with Crippen LogP contribution in [0.2, 0.25) is 0 Å². The molecule has 27 heavy (non-hydrogen) atoms. The van der Waals surface area contributed by atoms with E-state index in [4.69, 9.17) is 0 Å². The van der Waals surface area contributed by atoms with E-state index in [1.807, 2.05) is 6.07 Å². The zero-order chi connectivity index (χ0) is 18.8. The number of hydrogen-bond donors (Lipinski definition) is 1. The number of hydrogen-bond acceptors (Lipinski definition) is 3. The predicted molar refractivity (Wildman–Crippen MR) is 96.8 cm³/mol. The summed E-state index contributed by atoms with van der Waals surface area (Å²) in [6.45, 7) is 0.701. The van der Waals surface area contributed by atoms with Crippen LogP contribution in [0.4, 0.5) is 4.39 Å². The van der Waals surface area contributed by atoms with Crippen molar-refractivity contribution in [2.75, 3.05) is 13.1 Å². The summed E-state index contributed by atoms with van der Waals surface area (Å²) in [5, 5.41) is 6.92. The van der Waals surface area contributed by atoms with Crippen molar-refractivity contribution in [3.05, 3.63) is 83.9 Å². The number of aromatic nitrogens is 2. The third-order valence-corrected chi connectivity index (χ3v) is 4.50. The van der Waals surface area contributed by atoms with Crippen molar-refractivity contribution < 1.29 is 14.0 Å². The Morgan fingerprint density at radius 3 is 2.78 bits per heavy atom. The van der Waals surface area contributed by atoms with Crippen LogP contribution in [0.5, 0.6) is 0 Å². The van der Waals surface area contributed by atoms with Crippen LogP contribution in [-0.2, 0) is 4.79 Å². The van der Waals surface area contributed by atoms with E-state index in [0.29, 0.717) is 24.2 Å². The lowest BCUT2D eigenvalue weighted by atomic mass is 10.0. The van der Waals surface area contributed by atoms with E-state index in [2.05, 4.69) is 10.4 Å². The highest BCUT2D eigenvalue weighted by molar-refractivity contribution is 5.99. The lowest BCUT2D eigenvalue weighted by Gasteiger charge is -2.35. The summed E-state index contributed by atoms with van der Waals surface area (Å²) in [6, 6.07) is 13.8. The first kappa shape index (κ1) is 17.0. The van der Waals surface area contributed by atoms with Crippen molar-refractivity contribution in [3.8, 4) is 5.69 Å². The van der Waals surface area contributed by atoms with E-state index in [9.17, 15) is 14.0 Å². The Balaban J connectivity index is 1.69. The topological polar surface area (TPSA) is 67.2 Å². The van der Waals surface area contributed by atoms with Gasteiger partial charge in [0, 0.05) is 31.0 Å². The summed E-state index contributed by atoms with van der Waals surface area (Å²) in [7, 11) is 0. The van der Waals surface area contributed by atoms with Crippen molar-refractivity contribution >= 4 is 11.8 Å². The van der Waals surface area contributed by atoms with E-state index >= 15 is 0 Å². The van der Waals surface area contributed by atoms with Gasteiger partial charge < -0.3 is 10.2 Å². The number of nitrogens with zero attached hydrogens (tertiary/aromatic N) is 3. The summed E-state index contributed by atoms with van der Waals surface area (Å²) in [5.74, 6) is -1.05. The average Bonchev–Trinajstić information content (AvgIpc) is 3.22. The Morgan fingerprint density at radius 2 is 2.00 bits per heavy atom. The number of carbonyl (C=O) groups is 2. The van der Waals surface area contributed by atoms with E-state index in [1.54, 1.807) is 47.4 Å². The largest absolute Gasteiger partial charge is 0.352 e. The van der Waals surface area contributed by atoms with Crippen molar-refractivity contribution in [2.45, 2.75) is 6.04 Å². The van der Waals surface area contributed by atoms with Gasteiger partial charge in [-0.3, -0.25) is 9.59 Å². The highest BCUT2D eigenvalue weighted by Crippen LogP contribution is 2.26. The van der Waals surface area contributed by atoms with Gasteiger partial charge in [0.05, 0.1) is 5.69 Å². The van der Waals surface area contributed by atoms with Crippen molar-refractivity contribution in [1.82, 2.24) is 20.0 Å². The van der Waals surface area contributed by atoms with Crippen LogP contribution in [0.15, 0.2) is 67.0 Å². The van der Waals surface area contributed by atoms with Gasteiger partial charge in [-0.15, -0.1) is 0 Å². The smallest absolute Gasteiger partial charge is 0.254 e. The van der Waals surface area contributed by atoms with E-state index < -0.39 is 11.9 Å². The minimum Gasteiger partial charge on any atom is -0.352 e. The Bertz CT molecular complexity index is 987. The molecular formula is C20H17FN4O2. The maximum Gasteiger partial charge on any atom is 0.254 e. The molecule has 0 bridgehead atoms. The summed E-state index contributed by atoms with van der Waals surface area (Å²) >= 11 is 0. The second-order valence-electron chi connectivity index (χ2n) is 6.25. The molecule has 0 aliphatic carbocycles. The first-order chi connectivity index (χ1) is 13.1. The normalized spacial score (nSPS) is 16.9.